The molecule has 0 aliphatic carbocycles. The number of likely N-dealkylation sites (tertiary alicyclic amines) is 1. The average Bonchev–Trinajstić information content (AvgIpc) is 2.54. The molecule has 0 atom stereocenters. The van der Waals surface area contributed by atoms with Gasteiger partial charge in [-0.3, -0.25) is 4.79 Å². The third kappa shape index (κ3) is 5.46. The maximum absolute atomic E-state index is 12.2. The Hall–Kier alpha value is -2.08. The van der Waals surface area contributed by atoms with E-state index in [-0.39, 0.29) is 18.5 Å². The first-order chi connectivity index (χ1) is 12.1. The Morgan fingerprint density at radius 3 is 2.23 bits per heavy atom. The quantitative estimate of drug-likeness (QED) is 0.833. The van der Waals surface area contributed by atoms with Crippen LogP contribution in [0.4, 0.5) is 4.79 Å². The van der Waals surface area contributed by atoms with Gasteiger partial charge in [0.25, 0.3) is 0 Å². The highest BCUT2D eigenvalue weighted by Crippen LogP contribution is 2.31. The number of hydrogen-bond acceptors (Lipinski definition) is 5. The van der Waals surface area contributed by atoms with Gasteiger partial charge in [-0.05, 0) is 51.7 Å². The molecular weight excluding hydrogens is 332 g/mol. The molecule has 0 unspecified atom stereocenters. The Morgan fingerprint density at radius 2 is 1.73 bits per heavy atom. The molecule has 0 radical (unpaired) electrons. The SMILES string of the molecule is CCOC(=O)Cc1ccc(C2(N)CCN(C(=O)OC(C)(C)C)CC2)cc1. The molecule has 0 aromatic heterocycles. The molecule has 1 saturated heterocycles. The fraction of sp³-hybridized carbons (Fsp3) is 0.600. The van der Waals surface area contributed by atoms with Crippen molar-refractivity contribution >= 4 is 12.1 Å². The molecule has 6 heteroatoms. The summed E-state index contributed by atoms with van der Waals surface area (Å²) in [5.41, 5.74) is 7.56. The highest BCUT2D eigenvalue weighted by Gasteiger charge is 2.35. The number of hydrogen-bond donors (Lipinski definition) is 1. The largest absolute Gasteiger partial charge is 0.466 e. The van der Waals surface area contributed by atoms with E-state index in [1.807, 2.05) is 45.0 Å². The maximum Gasteiger partial charge on any atom is 0.410 e. The predicted octanol–water partition coefficient (Wildman–Crippen LogP) is 2.98. The Labute approximate surface area is 155 Å². The minimum Gasteiger partial charge on any atom is -0.466 e. The highest BCUT2D eigenvalue weighted by molar-refractivity contribution is 5.72. The number of amides is 1. The molecule has 1 aromatic carbocycles. The van der Waals surface area contributed by atoms with Crippen molar-refractivity contribution in [3.8, 4) is 0 Å². The van der Waals surface area contributed by atoms with E-state index >= 15 is 0 Å². The molecular formula is C20H30N2O4. The van der Waals surface area contributed by atoms with Crippen LogP contribution in [-0.2, 0) is 26.2 Å². The summed E-state index contributed by atoms with van der Waals surface area (Å²) in [5, 5.41) is 0. The lowest BCUT2D eigenvalue weighted by atomic mass is 9.81. The minimum absolute atomic E-state index is 0.228. The van der Waals surface area contributed by atoms with Gasteiger partial charge in [-0.2, -0.15) is 0 Å². The van der Waals surface area contributed by atoms with E-state index in [1.165, 1.54) is 0 Å². The van der Waals surface area contributed by atoms with E-state index < -0.39 is 11.1 Å². The molecule has 1 aliphatic heterocycles. The van der Waals surface area contributed by atoms with Crippen molar-refractivity contribution in [2.24, 2.45) is 5.73 Å². The fourth-order valence-electron chi connectivity index (χ4n) is 3.04. The summed E-state index contributed by atoms with van der Waals surface area (Å²) in [4.78, 5) is 25.5. The maximum atomic E-state index is 12.2. The van der Waals surface area contributed by atoms with Crippen LogP contribution in [-0.4, -0.2) is 42.3 Å². The van der Waals surface area contributed by atoms with Gasteiger partial charge in [0.05, 0.1) is 13.0 Å². The molecule has 1 amide bonds. The summed E-state index contributed by atoms with van der Waals surface area (Å²) in [5.74, 6) is -0.228. The third-order valence-electron chi connectivity index (χ3n) is 4.49. The zero-order valence-electron chi connectivity index (χ0n) is 16.2. The van der Waals surface area contributed by atoms with Crippen molar-refractivity contribution in [3.63, 3.8) is 0 Å². The minimum atomic E-state index is -0.497. The van der Waals surface area contributed by atoms with Gasteiger partial charge >= 0.3 is 12.1 Å². The van der Waals surface area contributed by atoms with E-state index in [0.29, 0.717) is 32.5 Å². The van der Waals surface area contributed by atoms with Crippen molar-refractivity contribution in [1.29, 1.82) is 0 Å². The number of ether oxygens (including phenoxy) is 2. The first-order valence-electron chi connectivity index (χ1n) is 9.15. The second-order valence-electron chi connectivity index (χ2n) is 7.80. The van der Waals surface area contributed by atoms with Gasteiger partial charge in [0.2, 0.25) is 0 Å². The first-order valence-corrected chi connectivity index (χ1v) is 9.15. The van der Waals surface area contributed by atoms with Crippen LogP contribution in [0, 0.1) is 0 Å². The van der Waals surface area contributed by atoms with Gasteiger partial charge in [-0.1, -0.05) is 24.3 Å². The van der Waals surface area contributed by atoms with Crippen LogP contribution >= 0.6 is 0 Å². The van der Waals surface area contributed by atoms with Crippen molar-refractivity contribution in [3.05, 3.63) is 35.4 Å². The van der Waals surface area contributed by atoms with Crippen LogP contribution in [0.25, 0.3) is 0 Å². The van der Waals surface area contributed by atoms with Crippen LogP contribution in [0.2, 0.25) is 0 Å². The summed E-state index contributed by atoms with van der Waals surface area (Å²) in [6, 6.07) is 7.78. The molecule has 26 heavy (non-hydrogen) atoms. The van der Waals surface area contributed by atoms with Gasteiger partial charge in [0.1, 0.15) is 5.60 Å². The topological polar surface area (TPSA) is 81.9 Å². The van der Waals surface area contributed by atoms with Crippen LogP contribution in [0.3, 0.4) is 0 Å². The third-order valence-corrected chi connectivity index (χ3v) is 4.49. The lowest BCUT2D eigenvalue weighted by Gasteiger charge is -2.40. The van der Waals surface area contributed by atoms with Crippen LogP contribution in [0.5, 0.6) is 0 Å². The number of nitrogens with two attached hydrogens (primary N) is 1. The highest BCUT2D eigenvalue weighted by atomic mass is 16.6. The molecule has 2 N–H and O–H groups in total. The van der Waals surface area contributed by atoms with Crippen molar-refractivity contribution in [2.45, 2.75) is 58.1 Å². The van der Waals surface area contributed by atoms with E-state index in [2.05, 4.69) is 0 Å². The van der Waals surface area contributed by atoms with Crippen molar-refractivity contribution < 1.29 is 19.1 Å². The normalized spacial score (nSPS) is 16.9. The number of esters is 1. The standard InChI is InChI=1S/C20H30N2O4/c1-5-25-17(23)14-15-6-8-16(9-7-15)20(21)10-12-22(13-11-20)18(24)26-19(2,3)4/h6-9H,5,10-14,21H2,1-4H3. The van der Waals surface area contributed by atoms with E-state index in [4.69, 9.17) is 15.2 Å². The smallest absolute Gasteiger partial charge is 0.410 e. The molecule has 0 spiro atoms. The summed E-state index contributed by atoms with van der Waals surface area (Å²) in [6.45, 7) is 8.89. The lowest BCUT2D eigenvalue weighted by molar-refractivity contribution is -0.142. The second kappa shape index (κ2) is 8.08. The van der Waals surface area contributed by atoms with Crippen molar-refractivity contribution in [2.75, 3.05) is 19.7 Å². The van der Waals surface area contributed by atoms with Gasteiger partial charge in [-0.15, -0.1) is 0 Å². The Bertz CT molecular complexity index is 626. The number of nitrogens with zero attached hydrogens (tertiary/aromatic N) is 1. The molecule has 2 rings (SSSR count). The zero-order chi connectivity index (χ0) is 19.4. The number of benzene rings is 1. The molecule has 1 heterocycles. The molecule has 6 nitrogen and oxygen atoms in total. The van der Waals surface area contributed by atoms with Crippen LogP contribution < -0.4 is 5.73 Å². The van der Waals surface area contributed by atoms with Gasteiger partial charge in [0.15, 0.2) is 0 Å². The first kappa shape index (κ1) is 20.2. The number of carbonyl (C=O) groups excluding carboxylic acids is 2. The van der Waals surface area contributed by atoms with Crippen molar-refractivity contribution in [1.82, 2.24) is 4.90 Å². The predicted molar refractivity (Wildman–Crippen MR) is 99.7 cm³/mol. The number of piperidine rings is 1. The molecule has 1 aromatic rings. The summed E-state index contributed by atoms with van der Waals surface area (Å²) < 4.78 is 10.4. The average molecular weight is 362 g/mol. The van der Waals surface area contributed by atoms with Gasteiger partial charge in [0, 0.05) is 18.6 Å². The molecule has 1 aliphatic rings. The fourth-order valence-corrected chi connectivity index (χ4v) is 3.04. The van der Waals surface area contributed by atoms with E-state index in [1.54, 1.807) is 11.8 Å². The van der Waals surface area contributed by atoms with Gasteiger partial charge in [-0.25, -0.2) is 4.79 Å². The van der Waals surface area contributed by atoms with E-state index in [9.17, 15) is 9.59 Å². The number of carbonyl (C=O) groups is 2. The Kier molecular flexibility index (Phi) is 6.29. The Balaban J connectivity index is 1.95. The molecule has 144 valence electrons. The second-order valence-corrected chi connectivity index (χ2v) is 7.80. The van der Waals surface area contributed by atoms with Crippen LogP contribution in [0.1, 0.15) is 51.7 Å². The molecule has 1 fully saturated rings. The summed E-state index contributed by atoms with van der Waals surface area (Å²) in [6.07, 6.45) is 1.31. The van der Waals surface area contributed by atoms with Crippen LogP contribution in [0.15, 0.2) is 24.3 Å². The van der Waals surface area contributed by atoms with E-state index in [0.717, 1.165) is 11.1 Å². The number of rotatable bonds is 4. The van der Waals surface area contributed by atoms with Gasteiger partial charge < -0.3 is 20.1 Å². The zero-order valence-corrected chi connectivity index (χ0v) is 16.2. The monoisotopic (exact) mass is 362 g/mol. The molecule has 0 saturated carbocycles. The molecule has 0 bridgehead atoms. The summed E-state index contributed by atoms with van der Waals surface area (Å²) >= 11 is 0. The Morgan fingerprint density at radius 1 is 1.15 bits per heavy atom. The summed E-state index contributed by atoms with van der Waals surface area (Å²) in [7, 11) is 0. The lowest BCUT2D eigenvalue weighted by Crippen LogP contribution is -2.50.